The summed E-state index contributed by atoms with van der Waals surface area (Å²) in [6.07, 6.45) is 1.32. The van der Waals surface area contributed by atoms with Gasteiger partial charge in [-0.05, 0) is 37.1 Å². The highest BCUT2D eigenvalue weighted by atomic mass is 32.2. The first-order valence-electron chi connectivity index (χ1n) is 8.09. The van der Waals surface area contributed by atoms with E-state index in [1.54, 1.807) is 22.5 Å². The molecule has 3 rings (SSSR count). The zero-order valence-electron chi connectivity index (χ0n) is 13.6. The summed E-state index contributed by atoms with van der Waals surface area (Å²) in [4.78, 5) is 14.0. The Morgan fingerprint density at radius 3 is 2.57 bits per heavy atom. The van der Waals surface area contributed by atoms with Crippen LogP contribution in [0.5, 0.6) is 0 Å². The summed E-state index contributed by atoms with van der Waals surface area (Å²) in [7, 11) is -3.49. The molecule has 0 bridgehead atoms. The third-order valence-corrected chi connectivity index (χ3v) is 6.72. The van der Waals surface area contributed by atoms with Crippen LogP contribution < -0.4 is 5.32 Å². The number of rotatable bonds is 4. The molecule has 2 aliphatic rings. The fourth-order valence-corrected chi connectivity index (χ4v) is 4.63. The fraction of sp³-hybridized carbons (Fsp3) is 0.562. The van der Waals surface area contributed by atoms with Crippen LogP contribution in [0.2, 0.25) is 0 Å². The zero-order valence-corrected chi connectivity index (χ0v) is 14.4. The van der Waals surface area contributed by atoms with E-state index >= 15 is 0 Å². The predicted molar refractivity (Wildman–Crippen MR) is 88.9 cm³/mol. The fourth-order valence-electron chi connectivity index (χ4n) is 3.16. The minimum absolute atomic E-state index is 0.0864. The molecule has 2 heterocycles. The number of hydrogen-bond acceptors (Lipinski definition) is 4. The number of piperazine rings is 1. The Morgan fingerprint density at radius 1 is 1.22 bits per heavy atom. The Balaban J connectivity index is 1.76. The lowest BCUT2D eigenvalue weighted by atomic mass is 10.2. The molecule has 0 aromatic heterocycles. The normalized spacial score (nSPS) is 21.0. The number of carbonyl (C=O) groups is 1. The molecule has 1 amide bonds. The quantitative estimate of drug-likeness (QED) is 0.899. The highest BCUT2D eigenvalue weighted by molar-refractivity contribution is 7.89. The van der Waals surface area contributed by atoms with Crippen LogP contribution in [0, 0.1) is 0 Å². The van der Waals surface area contributed by atoms with Crippen molar-refractivity contribution in [2.75, 3.05) is 31.5 Å². The lowest BCUT2D eigenvalue weighted by molar-refractivity contribution is -0.115. The van der Waals surface area contributed by atoms with Crippen LogP contribution in [-0.2, 0) is 21.2 Å². The first kappa shape index (κ1) is 16.4. The van der Waals surface area contributed by atoms with Crippen LogP contribution in [0.1, 0.15) is 25.8 Å². The molecule has 1 fully saturated rings. The summed E-state index contributed by atoms with van der Waals surface area (Å²) < 4.78 is 27.2. The van der Waals surface area contributed by atoms with Crippen molar-refractivity contribution < 1.29 is 13.2 Å². The van der Waals surface area contributed by atoms with E-state index in [1.807, 2.05) is 0 Å². The van der Waals surface area contributed by atoms with Gasteiger partial charge >= 0.3 is 0 Å². The maximum Gasteiger partial charge on any atom is 0.243 e. The highest BCUT2D eigenvalue weighted by Crippen LogP contribution is 2.27. The van der Waals surface area contributed by atoms with E-state index in [2.05, 4.69) is 24.1 Å². The van der Waals surface area contributed by atoms with Gasteiger partial charge in [-0.2, -0.15) is 4.31 Å². The summed E-state index contributed by atoms with van der Waals surface area (Å²) >= 11 is 0. The maximum absolute atomic E-state index is 12.8. The van der Waals surface area contributed by atoms with Crippen molar-refractivity contribution in [3.05, 3.63) is 23.8 Å². The van der Waals surface area contributed by atoms with Crippen molar-refractivity contribution in [3.63, 3.8) is 0 Å². The van der Waals surface area contributed by atoms with E-state index in [0.717, 1.165) is 30.8 Å². The Labute approximate surface area is 137 Å². The van der Waals surface area contributed by atoms with Gasteiger partial charge in [-0.25, -0.2) is 8.42 Å². The van der Waals surface area contributed by atoms with Gasteiger partial charge in [0.25, 0.3) is 0 Å². The second kappa shape index (κ2) is 6.22. The summed E-state index contributed by atoms with van der Waals surface area (Å²) in [5.74, 6) is -0.0864. The van der Waals surface area contributed by atoms with Gasteiger partial charge in [0, 0.05) is 37.9 Å². The van der Waals surface area contributed by atoms with Crippen molar-refractivity contribution in [1.82, 2.24) is 9.21 Å². The molecule has 1 aromatic carbocycles. The van der Waals surface area contributed by atoms with Gasteiger partial charge in [0.1, 0.15) is 0 Å². The van der Waals surface area contributed by atoms with Crippen LogP contribution in [0.25, 0.3) is 0 Å². The summed E-state index contributed by atoms with van der Waals surface area (Å²) in [6.45, 7) is 6.88. The minimum Gasteiger partial charge on any atom is -0.326 e. The van der Waals surface area contributed by atoms with E-state index in [9.17, 15) is 13.2 Å². The lowest BCUT2D eigenvalue weighted by Gasteiger charge is -2.37. The van der Waals surface area contributed by atoms with Gasteiger partial charge in [-0.1, -0.05) is 6.92 Å². The molecule has 1 N–H and O–H groups in total. The van der Waals surface area contributed by atoms with E-state index < -0.39 is 10.0 Å². The molecule has 23 heavy (non-hydrogen) atoms. The van der Waals surface area contributed by atoms with Crippen LogP contribution in [0.15, 0.2) is 23.1 Å². The van der Waals surface area contributed by atoms with Crippen molar-refractivity contribution in [1.29, 1.82) is 0 Å². The van der Waals surface area contributed by atoms with Crippen molar-refractivity contribution in [2.24, 2.45) is 0 Å². The first-order valence-corrected chi connectivity index (χ1v) is 9.53. The molecule has 126 valence electrons. The van der Waals surface area contributed by atoms with Crippen LogP contribution in [-0.4, -0.2) is 55.8 Å². The molecule has 1 unspecified atom stereocenters. The minimum atomic E-state index is -3.49. The van der Waals surface area contributed by atoms with Gasteiger partial charge in [0.05, 0.1) is 11.3 Å². The SMILES string of the molecule is CCC(C)N1CCN(S(=O)(=O)c2ccc3c(c2)CC(=O)N3)CC1. The lowest BCUT2D eigenvalue weighted by Crippen LogP contribution is -2.51. The molecule has 1 saturated heterocycles. The largest absolute Gasteiger partial charge is 0.326 e. The van der Waals surface area contributed by atoms with Crippen molar-refractivity contribution in [2.45, 2.75) is 37.6 Å². The molecular formula is C16H23N3O3S. The van der Waals surface area contributed by atoms with Gasteiger partial charge in [-0.15, -0.1) is 0 Å². The number of anilines is 1. The number of amides is 1. The third kappa shape index (κ3) is 3.13. The molecule has 0 spiro atoms. The average Bonchev–Trinajstić information content (AvgIpc) is 2.93. The van der Waals surface area contributed by atoms with Gasteiger partial charge in [0.15, 0.2) is 0 Å². The molecule has 0 saturated carbocycles. The van der Waals surface area contributed by atoms with Crippen LogP contribution >= 0.6 is 0 Å². The summed E-state index contributed by atoms with van der Waals surface area (Å²) in [5.41, 5.74) is 1.48. The summed E-state index contributed by atoms with van der Waals surface area (Å²) in [6, 6.07) is 5.38. The highest BCUT2D eigenvalue weighted by Gasteiger charge is 2.30. The van der Waals surface area contributed by atoms with Crippen molar-refractivity contribution >= 4 is 21.6 Å². The van der Waals surface area contributed by atoms with Crippen molar-refractivity contribution in [3.8, 4) is 0 Å². The van der Waals surface area contributed by atoms with Gasteiger partial charge < -0.3 is 5.32 Å². The zero-order chi connectivity index (χ0) is 16.6. The van der Waals surface area contributed by atoms with Gasteiger partial charge in [0.2, 0.25) is 15.9 Å². The Bertz CT molecular complexity index is 709. The number of fused-ring (bicyclic) bond motifs is 1. The Kier molecular flexibility index (Phi) is 4.44. The first-order chi connectivity index (χ1) is 10.9. The number of hydrogen-bond donors (Lipinski definition) is 1. The number of carbonyl (C=O) groups excluding carboxylic acids is 1. The molecule has 7 heteroatoms. The Morgan fingerprint density at radius 2 is 1.91 bits per heavy atom. The van der Waals surface area contributed by atoms with E-state index in [1.165, 1.54) is 0 Å². The van der Waals surface area contributed by atoms with Crippen LogP contribution in [0.4, 0.5) is 5.69 Å². The van der Waals surface area contributed by atoms with E-state index in [0.29, 0.717) is 19.1 Å². The average molecular weight is 337 g/mol. The number of nitrogens with zero attached hydrogens (tertiary/aromatic N) is 2. The van der Waals surface area contributed by atoms with E-state index in [-0.39, 0.29) is 17.2 Å². The monoisotopic (exact) mass is 337 g/mol. The number of sulfonamides is 1. The topological polar surface area (TPSA) is 69.7 Å². The second-order valence-electron chi connectivity index (χ2n) is 6.24. The van der Waals surface area contributed by atoms with Crippen LogP contribution in [0.3, 0.4) is 0 Å². The van der Waals surface area contributed by atoms with Gasteiger partial charge in [-0.3, -0.25) is 9.69 Å². The molecule has 1 aromatic rings. The molecule has 0 aliphatic carbocycles. The molecular weight excluding hydrogens is 314 g/mol. The summed E-state index contributed by atoms with van der Waals surface area (Å²) in [5, 5.41) is 2.73. The smallest absolute Gasteiger partial charge is 0.243 e. The number of nitrogens with one attached hydrogen (secondary N) is 1. The third-order valence-electron chi connectivity index (χ3n) is 4.83. The molecule has 6 nitrogen and oxygen atoms in total. The maximum atomic E-state index is 12.8. The predicted octanol–water partition coefficient (Wildman–Crippen LogP) is 1.29. The Hall–Kier alpha value is -1.44. The standard InChI is InChI=1S/C16H23N3O3S/c1-3-12(2)18-6-8-19(9-7-18)23(21,22)14-4-5-15-13(10-14)11-16(20)17-15/h4-5,10,12H,3,6-9,11H2,1-2H3,(H,17,20). The molecule has 0 radical (unpaired) electrons. The molecule has 2 aliphatic heterocycles. The van der Waals surface area contributed by atoms with E-state index in [4.69, 9.17) is 0 Å². The second-order valence-corrected chi connectivity index (χ2v) is 8.18. The number of benzene rings is 1. The molecule has 1 atom stereocenters.